The summed E-state index contributed by atoms with van der Waals surface area (Å²) in [6.07, 6.45) is 0.362. The molecule has 0 aliphatic carbocycles. The van der Waals surface area contributed by atoms with Gasteiger partial charge in [0.1, 0.15) is 17.0 Å². The molecule has 0 saturated carbocycles. The summed E-state index contributed by atoms with van der Waals surface area (Å²) in [6, 6.07) is 2.38. The number of rotatable bonds is 4. The minimum atomic E-state index is -0.860. The summed E-state index contributed by atoms with van der Waals surface area (Å²) in [5, 5.41) is 6.19. The van der Waals surface area contributed by atoms with E-state index in [9.17, 15) is 14.0 Å². The van der Waals surface area contributed by atoms with Crippen molar-refractivity contribution in [3.63, 3.8) is 0 Å². The summed E-state index contributed by atoms with van der Waals surface area (Å²) >= 11 is 0. The Morgan fingerprint density at radius 3 is 2.65 bits per heavy atom. The van der Waals surface area contributed by atoms with Crippen LogP contribution in [0.4, 0.5) is 20.8 Å². The van der Waals surface area contributed by atoms with E-state index in [0.717, 1.165) is 10.7 Å². The van der Waals surface area contributed by atoms with Crippen molar-refractivity contribution in [2.45, 2.75) is 33.3 Å². The van der Waals surface area contributed by atoms with Gasteiger partial charge in [0.15, 0.2) is 17.5 Å². The molecule has 26 heavy (non-hydrogen) atoms. The Balaban J connectivity index is 2.30. The number of esters is 1. The van der Waals surface area contributed by atoms with Crippen LogP contribution >= 0.6 is 0 Å². The molecule has 0 radical (unpaired) electrons. The quantitative estimate of drug-likeness (QED) is 0.798. The number of carbonyl (C=O) groups excluding carboxylic acids is 2. The van der Waals surface area contributed by atoms with Crippen molar-refractivity contribution in [3.8, 4) is 5.82 Å². The summed E-state index contributed by atoms with van der Waals surface area (Å²) in [4.78, 5) is 27.6. The number of nitrogen functional groups attached to an aromatic ring is 1. The zero-order valence-electron chi connectivity index (χ0n) is 14.9. The van der Waals surface area contributed by atoms with Crippen molar-refractivity contribution in [2.75, 3.05) is 17.7 Å². The van der Waals surface area contributed by atoms with E-state index in [0.29, 0.717) is 0 Å². The van der Waals surface area contributed by atoms with Crippen LogP contribution < -0.4 is 11.1 Å². The van der Waals surface area contributed by atoms with Gasteiger partial charge in [0.25, 0.3) is 0 Å². The second-order valence-electron chi connectivity index (χ2n) is 6.20. The van der Waals surface area contributed by atoms with Crippen LogP contribution in [-0.4, -0.2) is 39.0 Å². The van der Waals surface area contributed by atoms with Crippen LogP contribution in [0.5, 0.6) is 0 Å². The second-order valence-corrected chi connectivity index (χ2v) is 6.20. The summed E-state index contributed by atoms with van der Waals surface area (Å²) in [6.45, 7) is 6.87. The summed E-state index contributed by atoms with van der Waals surface area (Å²) in [5.41, 5.74) is 5.20. The van der Waals surface area contributed by atoms with E-state index < -0.39 is 23.5 Å². The molecule has 2 heterocycles. The molecule has 1 amide bonds. The van der Waals surface area contributed by atoms with Gasteiger partial charge in [0, 0.05) is 0 Å². The lowest BCUT2D eigenvalue weighted by Gasteiger charge is -2.19. The minimum Gasteiger partial charge on any atom is -0.462 e. The Bertz CT molecular complexity index is 829. The van der Waals surface area contributed by atoms with Crippen LogP contribution in [0.3, 0.4) is 0 Å². The minimum absolute atomic E-state index is 0.0224. The first-order valence-electron chi connectivity index (χ1n) is 7.80. The number of nitrogens with zero attached hydrogens (tertiary/aromatic N) is 3. The predicted octanol–water partition coefficient (Wildman–Crippen LogP) is 2.51. The lowest BCUT2D eigenvalue weighted by molar-refractivity contribution is 0.0526. The molecule has 0 aliphatic rings. The van der Waals surface area contributed by atoms with Crippen molar-refractivity contribution in [1.82, 2.24) is 14.8 Å². The Labute approximate surface area is 149 Å². The molecule has 3 N–H and O–H groups in total. The maximum Gasteiger partial charge on any atom is 0.413 e. The SMILES string of the molecule is CCOC(=O)c1cnn(-c2ccc(F)c(NC(=O)OC(C)(C)C)n2)c1N. The average molecular weight is 365 g/mol. The van der Waals surface area contributed by atoms with E-state index >= 15 is 0 Å². The molecule has 0 saturated heterocycles. The fourth-order valence-corrected chi connectivity index (χ4v) is 1.94. The molecular weight excluding hydrogens is 345 g/mol. The molecule has 9 nitrogen and oxygen atoms in total. The number of pyridine rings is 1. The van der Waals surface area contributed by atoms with Gasteiger partial charge in [-0.3, -0.25) is 5.32 Å². The van der Waals surface area contributed by atoms with Crippen molar-refractivity contribution in [3.05, 3.63) is 29.7 Å². The number of nitrogens with one attached hydrogen (secondary N) is 1. The standard InChI is InChI=1S/C16H20FN5O4/c1-5-25-14(23)9-8-19-22(12(9)18)11-7-6-10(17)13(20-11)21-15(24)26-16(2,3)4/h6-8H,5,18H2,1-4H3,(H,20,21,24). The van der Waals surface area contributed by atoms with E-state index in [1.807, 2.05) is 0 Å². The molecule has 10 heteroatoms. The molecule has 2 aromatic rings. The number of aromatic nitrogens is 3. The molecule has 0 aromatic carbocycles. The molecule has 0 unspecified atom stereocenters. The van der Waals surface area contributed by atoms with E-state index in [-0.39, 0.29) is 29.6 Å². The van der Waals surface area contributed by atoms with Gasteiger partial charge >= 0.3 is 12.1 Å². The van der Waals surface area contributed by atoms with Gasteiger partial charge in [-0.25, -0.2) is 19.0 Å². The first kappa shape index (κ1) is 19.2. The average Bonchev–Trinajstić information content (AvgIpc) is 2.89. The van der Waals surface area contributed by atoms with Gasteiger partial charge < -0.3 is 15.2 Å². The lowest BCUT2D eigenvalue weighted by atomic mass is 10.2. The molecule has 0 bridgehead atoms. The van der Waals surface area contributed by atoms with Crippen LogP contribution in [0.25, 0.3) is 5.82 Å². The molecule has 140 valence electrons. The smallest absolute Gasteiger partial charge is 0.413 e. The van der Waals surface area contributed by atoms with Crippen LogP contribution in [-0.2, 0) is 9.47 Å². The topological polar surface area (TPSA) is 121 Å². The summed E-state index contributed by atoms with van der Waals surface area (Å²) < 4.78 is 25.0. The fourth-order valence-electron chi connectivity index (χ4n) is 1.94. The van der Waals surface area contributed by atoms with Crippen LogP contribution in [0.15, 0.2) is 18.3 Å². The predicted molar refractivity (Wildman–Crippen MR) is 91.5 cm³/mol. The van der Waals surface area contributed by atoms with Crippen molar-refractivity contribution >= 4 is 23.7 Å². The van der Waals surface area contributed by atoms with E-state index in [4.69, 9.17) is 15.2 Å². The number of halogens is 1. The van der Waals surface area contributed by atoms with Crippen LogP contribution in [0, 0.1) is 5.82 Å². The zero-order valence-corrected chi connectivity index (χ0v) is 14.9. The molecule has 0 aliphatic heterocycles. The summed E-state index contributed by atoms with van der Waals surface area (Å²) in [5.74, 6) is -1.68. The van der Waals surface area contributed by atoms with E-state index in [2.05, 4.69) is 15.4 Å². The molecule has 2 rings (SSSR count). The molecule has 0 spiro atoms. The number of ether oxygens (including phenoxy) is 2. The maximum atomic E-state index is 13.9. The van der Waals surface area contributed by atoms with Gasteiger partial charge in [-0.2, -0.15) is 9.78 Å². The first-order valence-corrected chi connectivity index (χ1v) is 7.80. The largest absolute Gasteiger partial charge is 0.462 e. The number of nitrogens with two attached hydrogens (primary N) is 1. The van der Waals surface area contributed by atoms with Gasteiger partial charge in [-0.05, 0) is 39.8 Å². The van der Waals surface area contributed by atoms with Gasteiger partial charge in [-0.1, -0.05) is 0 Å². The Kier molecular flexibility index (Phi) is 5.44. The highest BCUT2D eigenvalue weighted by atomic mass is 19.1. The van der Waals surface area contributed by atoms with Crippen LogP contribution in [0.2, 0.25) is 0 Å². The van der Waals surface area contributed by atoms with Gasteiger partial charge in [-0.15, -0.1) is 0 Å². The number of hydrogen-bond acceptors (Lipinski definition) is 7. The fraction of sp³-hybridized carbons (Fsp3) is 0.375. The number of hydrogen-bond donors (Lipinski definition) is 2. The third kappa shape index (κ3) is 4.47. The molecule has 0 fully saturated rings. The second kappa shape index (κ2) is 7.38. The van der Waals surface area contributed by atoms with Gasteiger partial charge in [0.2, 0.25) is 0 Å². The number of amides is 1. The van der Waals surface area contributed by atoms with Crippen molar-refractivity contribution in [2.24, 2.45) is 0 Å². The Morgan fingerprint density at radius 2 is 2.04 bits per heavy atom. The molecular formula is C16H20FN5O4. The third-order valence-electron chi connectivity index (χ3n) is 2.97. The highest BCUT2D eigenvalue weighted by molar-refractivity contribution is 5.94. The zero-order chi connectivity index (χ0) is 19.5. The van der Waals surface area contributed by atoms with Crippen molar-refractivity contribution in [1.29, 1.82) is 0 Å². The Morgan fingerprint density at radius 1 is 1.35 bits per heavy atom. The first-order chi connectivity index (χ1) is 12.1. The highest BCUT2D eigenvalue weighted by Gasteiger charge is 2.21. The van der Waals surface area contributed by atoms with Gasteiger partial charge in [0.05, 0.1) is 12.8 Å². The maximum absolute atomic E-state index is 13.9. The monoisotopic (exact) mass is 365 g/mol. The highest BCUT2D eigenvalue weighted by Crippen LogP contribution is 2.20. The van der Waals surface area contributed by atoms with E-state index in [1.165, 1.54) is 12.3 Å². The van der Waals surface area contributed by atoms with Crippen molar-refractivity contribution < 1.29 is 23.5 Å². The van der Waals surface area contributed by atoms with E-state index in [1.54, 1.807) is 27.7 Å². The third-order valence-corrected chi connectivity index (χ3v) is 2.97. The summed E-state index contributed by atoms with van der Waals surface area (Å²) in [7, 11) is 0. The van der Waals surface area contributed by atoms with Crippen LogP contribution in [0.1, 0.15) is 38.1 Å². The molecule has 2 aromatic heterocycles. The lowest BCUT2D eigenvalue weighted by Crippen LogP contribution is -2.28. The number of carbonyl (C=O) groups is 2. The molecule has 0 atom stereocenters. The number of anilines is 2. The Hall–Kier alpha value is -3.17. The normalized spacial score (nSPS) is 11.1.